The molecule has 1 fully saturated rings. The van der Waals surface area contributed by atoms with Crippen molar-refractivity contribution in [3.8, 4) is 0 Å². The number of thiophene rings is 1. The van der Waals surface area contributed by atoms with Crippen LogP contribution in [-0.2, 0) is 10.0 Å². The molecule has 1 saturated heterocycles. The number of unbranched alkanes of at least 4 members (excludes halogenated alkanes) is 1. The maximum atomic E-state index is 12.4. The zero-order valence-corrected chi connectivity index (χ0v) is 18.7. The van der Waals surface area contributed by atoms with Gasteiger partial charge < -0.3 is 4.90 Å². The Morgan fingerprint density at radius 2 is 1.79 bits per heavy atom. The second kappa shape index (κ2) is 9.13. The molecule has 0 unspecified atom stereocenters. The molecule has 0 aromatic carbocycles. The molecule has 0 saturated carbocycles. The van der Waals surface area contributed by atoms with Crippen molar-refractivity contribution in [1.29, 1.82) is 0 Å². The summed E-state index contributed by atoms with van der Waals surface area (Å²) in [5.74, 6) is 0.393. The first-order valence-corrected chi connectivity index (χ1v) is 11.8. The number of piperazine rings is 1. The summed E-state index contributed by atoms with van der Waals surface area (Å²) < 4.78 is 25.9. The zero-order valence-electron chi connectivity index (χ0n) is 15.5. The first-order valence-electron chi connectivity index (χ1n) is 9.05. The molecule has 1 amide bonds. The van der Waals surface area contributed by atoms with Crippen molar-refractivity contribution in [2.45, 2.75) is 17.7 Å². The topological polar surface area (TPSA) is 86.7 Å². The van der Waals surface area contributed by atoms with Crippen LogP contribution in [0.3, 0.4) is 0 Å². The normalized spacial score (nSPS) is 18.6. The van der Waals surface area contributed by atoms with E-state index in [2.05, 4.69) is 19.8 Å². The van der Waals surface area contributed by atoms with Gasteiger partial charge >= 0.3 is 0 Å². The van der Waals surface area contributed by atoms with Crippen LogP contribution in [0.1, 0.15) is 23.2 Å². The van der Waals surface area contributed by atoms with Crippen LogP contribution >= 0.6 is 35.3 Å². The Bertz CT molecular complexity index is 977. The second-order valence-corrected chi connectivity index (χ2v) is 9.73. The molecule has 0 aliphatic carbocycles. The number of nitrogens with zero attached hydrogens (tertiary/aromatic N) is 5. The molecule has 0 N–H and O–H groups in total. The number of carbonyl (C=O) groups excluding carboxylic acids is 1. The number of amides is 1. The third kappa shape index (κ3) is 4.51. The average Bonchev–Trinajstić information content (AvgIpc) is 3.24. The van der Waals surface area contributed by atoms with Gasteiger partial charge in [0.05, 0.1) is 18.0 Å². The molecule has 0 bridgehead atoms. The number of sulfonamides is 1. The van der Waals surface area contributed by atoms with E-state index in [4.69, 9.17) is 11.6 Å². The van der Waals surface area contributed by atoms with Crippen LogP contribution < -0.4 is 4.90 Å². The molecular weight excluding hydrogens is 457 g/mol. The predicted molar refractivity (Wildman–Crippen MR) is 115 cm³/mol. The zero-order chi connectivity index (χ0) is 19.7. The Morgan fingerprint density at radius 1 is 1.07 bits per heavy atom. The van der Waals surface area contributed by atoms with E-state index < -0.39 is 15.9 Å². The van der Waals surface area contributed by atoms with Crippen LogP contribution in [0.2, 0.25) is 5.15 Å². The fourth-order valence-electron chi connectivity index (χ4n) is 3.50. The van der Waals surface area contributed by atoms with Crippen molar-refractivity contribution in [3.63, 3.8) is 0 Å². The van der Waals surface area contributed by atoms with E-state index in [0.717, 1.165) is 49.3 Å². The number of hydrogen-bond acceptors (Lipinski definition) is 8. The summed E-state index contributed by atoms with van der Waals surface area (Å²) in [5.41, 5.74) is 0.310. The summed E-state index contributed by atoms with van der Waals surface area (Å²) in [6, 6.07) is 0. The number of halogens is 2. The summed E-state index contributed by atoms with van der Waals surface area (Å²) in [5, 5.41) is 3.53. The van der Waals surface area contributed by atoms with Crippen LogP contribution in [0.15, 0.2) is 28.0 Å². The highest BCUT2D eigenvalue weighted by Gasteiger charge is 2.41. The van der Waals surface area contributed by atoms with Gasteiger partial charge in [0, 0.05) is 43.5 Å². The Labute approximate surface area is 184 Å². The maximum absolute atomic E-state index is 12.4. The Balaban J connectivity index is 0.00000240. The quantitative estimate of drug-likeness (QED) is 0.590. The number of hydrogen-bond donors (Lipinski definition) is 0. The lowest BCUT2D eigenvalue weighted by Gasteiger charge is -2.35. The molecular formula is C17H21Cl2N5O3S2. The van der Waals surface area contributed by atoms with Gasteiger partial charge in [-0.05, 0) is 19.4 Å². The van der Waals surface area contributed by atoms with Crippen molar-refractivity contribution >= 4 is 57.1 Å². The van der Waals surface area contributed by atoms with Crippen molar-refractivity contribution < 1.29 is 13.2 Å². The molecule has 158 valence electrons. The first-order chi connectivity index (χ1) is 13.5. The van der Waals surface area contributed by atoms with Gasteiger partial charge in [0.1, 0.15) is 15.9 Å². The van der Waals surface area contributed by atoms with E-state index >= 15 is 0 Å². The van der Waals surface area contributed by atoms with Gasteiger partial charge in [-0.25, -0.2) is 17.7 Å². The highest BCUT2D eigenvalue weighted by atomic mass is 35.5. The van der Waals surface area contributed by atoms with Crippen LogP contribution in [0.25, 0.3) is 0 Å². The van der Waals surface area contributed by atoms with Gasteiger partial charge in [-0.1, -0.05) is 11.6 Å². The van der Waals surface area contributed by atoms with Crippen LogP contribution in [0.5, 0.6) is 0 Å². The summed E-state index contributed by atoms with van der Waals surface area (Å²) in [6.07, 6.45) is 4.72. The van der Waals surface area contributed by atoms with E-state index in [1.165, 1.54) is 22.9 Å². The number of carbonyl (C=O) groups is 1. The lowest BCUT2D eigenvalue weighted by Crippen LogP contribution is -2.47. The van der Waals surface area contributed by atoms with E-state index in [9.17, 15) is 13.2 Å². The molecule has 2 aromatic rings. The maximum Gasteiger partial charge on any atom is 0.269 e. The molecule has 4 rings (SSSR count). The van der Waals surface area contributed by atoms with Gasteiger partial charge in [0.15, 0.2) is 0 Å². The molecule has 12 heteroatoms. The van der Waals surface area contributed by atoms with Crippen molar-refractivity contribution in [2.75, 3.05) is 44.2 Å². The smallest absolute Gasteiger partial charge is 0.269 e. The average molecular weight is 478 g/mol. The molecule has 2 aromatic heterocycles. The van der Waals surface area contributed by atoms with Crippen molar-refractivity contribution in [2.24, 2.45) is 0 Å². The van der Waals surface area contributed by atoms with Crippen LogP contribution in [0.4, 0.5) is 5.82 Å². The minimum atomic E-state index is -3.65. The van der Waals surface area contributed by atoms with Crippen molar-refractivity contribution in [3.05, 3.63) is 33.9 Å². The van der Waals surface area contributed by atoms with Crippen LogP contribution in [0, 0.1) is 0 Å². The van der Waals surface area contributed by atoms with Crippen molar-refractivity contribution in [1.82, 2.24) is 19.2 Å². The summed E-state index contributed by atoms with van der Waals surface area (Å²) in [7, 11) is -3.65. The number of fused-ring (bicyclic) bond motifs is 1. The number of rotatable bonds is 6. The molecule has 8 nitrogen and oxygen atoms in total. The number of aromatic nitrogens is 2. The van der Waals surface area contributed by atoms with E-state index in [1.54, 1.807) is 11.6 Å². The minimum absolute atomic E-state index is 0. The SMILES string of the molecule is Cl.O=C1c2cscc2S(=O)(=O)N1CCCCN1CCN(c2cncc(Cl)n2)CC1. The van der Waals surface area contributed by atoms with E-state index in [1.807, 2.05) is 0 Å². The Hall–Kier alpha value is -1.46. The highest BCUT2D eigenvalue weighted by molar-refractivity contribution is 7.90. The predicted octanol–water partition coefficient (Wildman–Crippen LogP) is 2.36. The fraction of sp³-hybridized carbons (Fsp3) is 0.471. The number of anilines is 1. The third-order valence-corrected chi connectivity index (χ3v) is 7.92. The van der Waals surface area contributed by atoms with E-state index in [0.29, 0.717) is 17.1 Å². The largest absolute Gasteiger partial charge is 0.353 e. The third-order valence-electron chi connectivity index (χ3n) is 5.03. The van der Waals surface area contributed by atoms with Crippen LogP contribution in [-0.4, -0.2) is 72.8 Å². The monoisotopic (exact) mass is 477 g/mol. The highest BCUT2D eigenvalue weighted by Crippen LogP contribution is 2.33. The molecule has 2 aliphatic heterocycles. The standard InChI is InChI=1S/C17H20ClN5O3S2.ClH/c18-15-9-19-10-16(20-15)22-7-5-21(6-8-22)3-1-2-4-23-17(24)13-11-27-12-14(13)28(23,25)26;/h9-12H,1-8H2;1H. The molecule has 0 spiro atoms. The van der Waals surface area contributed by atoms with Gasteiger partial charge in [0.25, 0.3) is 15.9 Å². The molecule has 4 heterocycles. The van der Waals surface area contributed by atoms with E-state index in [-0.39, 0.29) is 23.8 Å². The summed E-state index contributed by atoms with van der Waals surface area (Å²) in [6.45, 7) is 4.58. The summed E-state index contributed by atoms with van der Waals surface area (Å²) >= 11 is 7.15. The summed E-state index contributed by atoms with van der Waals surface area (Å²) in [4.78, 5) is 25.3. The lowest BCUT2D eigenvalue weighted by atomic mass is 10.2. The Kier molecular flexibility index (Phi) is 7.00. The molecule has 0 radical (unpaired) electrons. The molecule has 2 aliphatic rings. The van der Waals surface area contributed by atoms with Gasteiger partial charge in [-0.2, -0.15) is 11.3 Å². The second-order valence-electron chi connectivity index (χ2n) is 6.77. The van der Waals surface area contributed by atoms with Gasteiger partial charge in [-0.15, -0.1) is 12.4 Å². The lowest BCUT2D eigenvalue weighted by molar-refractivity contribution is 0.0869. The fourth-order valence-corrected chi connectivity index (χ4v) is 6.40. The van der Waals surface area contributed by atoms with Gasteiger partial charge in [0.2, 0.25) is 0 Å². The minimum Gasteiger partial charge on any atom is -0.353 e. The molecule has 0 atom stereocenters. The molecule has 29 heavy (non-hydrogen) atoms. The van der Waals surface area contributed by atoms with Gasteiger partial charge in [-0.3, -0.25) is 14.7 Å². The first kappa shape index (κ1) is 22.2. The Morgan fingerprint density at radius 3 is 2.48 bits per heavy atom.